The quantitative estimate of drug-likeness (QED) is 0.143. The lowest BCUT2D eigenvalue weighted by Crippen LogP contribution is -2.19. The maximum Gasteiger partial charge on any atom is 0.0952 e. The van der Waals surface area contributed by atoms with Crippen molar-refractivity contribution in [2.24, 2.45) is 0 Å². The SMILES string of the molecule is CCCCCCCCCCCCCCCCCCOOC(C)(C)C. The van der Waals surface area contributed by atoms with Gasteiger partial charge < -0.3 is 0 Å². The van der Waals surface area contributed by atoms with Gasteiger partial charge in [-0.2, -0.15) is 0 Å². The van der Waals surface area contributed by atoms with E-state index in [1.165, 1.54) is 96.3 Å². The van der Waals surface area contributed by atoms with Crippen LogP contribution in [0, 0.1) is 0 Å². The van der Waals surface area contributed by atoms with Gasteiger partial charge in [0.1, 0.15) is 0 Å². The van der Waals surface area contributed by atoms with Gasteiger partial charge in [0.2, 0.25) is 0 Å². The summed E-state index contributed by atoms with van der Waals surface area (Å²) < 4.78 is 0. The Morgan fingerprint density at radius 1 is 0.500 bits per heavy atom. The van der Waals surface area contributed by atoms with Crippen LogP contribution < -0.4 is 0 Å². The van der Waals surface area contributed by atoms with Gasteiger partial charge in [0, 0.05) is 0 Å². The standard InChI is InChI=1S/C22H46O2/c1-5-6-7-8-9-10-11-12-13-14-15-16-17-18-19-20-21-23-24-22(2,3)4/h5-21H2,1-4H3. The molecule has 0 aliphatic carbocycles. The van der Waals surface area contributed by atoms with Gasteiger partial charge >= 0.3 is 0 Å². The predicted molar refractivity (Wildman–Crippen MR) is 106 cm³/mol. The van der Waals surface area contributed by atoms with Gasteiger partial charge in [0.15, 0.2) is 0 Å². The Morgan fingerprint density at radius 3 is 1.17 bits per heavy atom. The zero-order valence-corrected chi connectivity index (χ0v) is 17.3. The molecule has 0 unspecified atom stereocenters. The molecule has 0 saturated carbocycles. The summed E-state index contributed by atoms with van der Waals surface area (Å²) in [6.07, 6.45) is 22.4. The van der Waals surface area contributed by atoms with E-state index >= 15 is 0 Å². The lowest BCUT2D eigenvalue weighted by molar-refractivity contribution is -0.348. The van der Waals surface area contributed by atoms with Gasteiger partial charge in [0.05, 0.1) is 12.2 Å². The van der Waals surface area contributed by atoms with Crippen LogP contribution in [0.1, 0.15) is 130 Å². The third-order valence-electron chi connectivity index (χ3n) is 4.39. The lowest BCUT2D eigenvalue weighted by Gasteiger charge is -2.17. The fraction of sp³-hybridized carbons (Fsp3) is 1.00. The van der Waals surface area contributed by atoms with Crippen molar-refractivity contribution >= 4 is 0 Å². The van der Waals surface area contributed by atoms with Crippen LogP contribution in [0.4, 0.5) is 0 Å². The number of hydrogen-bond donors (Lipinski definition) is 0. The summed E-state index contributed by atoms with van der Waals surface area (Å²) >= 11 is 0. The Balaban J connectivity index is 3.00. The van der Waals surface area contributed by atoms with Crippen LogP contribution in [0.5, 0.6) is 0 Å². The molecule has 0 aromatic carbocycles. The summed E-state index contributed by atoms with van der Waals surface area (Å²) in [6.45, 7) is 9.06. The fourth-order valence-electron chi connectivity index (χ4n) is 2.93. The fourth-order valence-corrected chi connectivity index (χ4v) is 2.93. The van der Waals surface area contributed by atoms with E-state index in [-0.39, 0.29) is 5.60 Å². The molecular formula is C22H46O2. The van der Waals surface area contributed by atoms with Gasteiger partial charge in [0.25, 0.3) is 0 Å². The topological polar surface area (TPSA) is 18.5 Å². The van der Waals surface area contributed by atoms with Crippen molar-refractivity contribution in [3.05, 3.63) is 0 Å². The normalized spacial score (nSPS) is 12.0. The Kier molecular flexibility index (Phi) is 17.7. The molecule has 0 aromatic heterocycles. The van der Waals surface area contributed by atoms with Crippen molar-refractivity contribution in [2.75, 3.05) is 6.61 Å². The molecule has 0 aromatic rings. The average Bonchev–Trinajstić information content (AvgIpc) is 2.52. The number of unbranched alkanes of at least 4 members (excludes halogenated alkanes) is 15. The first-order valence-electron chi connectivity index (χ1n) is 10.9. The minimum atomic E-state index is -0.185. The van der Waals surface area contributed by atoms with Gasteiger partial charge in [-0.1, -0.05) is 103 Å². The molecule has 24 heavy (non-hydrogen) atoms. The second kappa shape index (κ2) is 17.7. The maximum atomic E-state index is 5.25. The minimum absolute atomic E-state index is 0.185. The van der Waals surface area contributed by atoms with Crippen LogP contribution in [0.25, 0.3) is 0 Å². The summed E-state index contributed by atoms with van der Waals surface area (Å²) in [5.41, 5.74) is -0.185. The second-order valence-corrected chi connectivity index (χ2v) is 8.32. The van der Waals surface area contributed by atoms with Crippen LogP contribution >= 0.6 is 0 Å². The van der Waals surface area contributed by atoms with E-state index in [2.05, 4.69) is 6.92 Å². The summed E-state index contributed by atoms with van der Waals surface area (Å²) in [6, 6.07) is 0. The molecule has 0 atom stereocenters. The Morgan fingerprint density at radius 2 is 0.833 bits per heavy atom. The van der Waals surface area contributed by atoms with E-state index < -0.39 is 0 Å². The van der Waals surface area contributed by atoms with Crippen molar-refractivity contribution in [1.29, 1.82) is 0 Å². The van der Waals surface area contributed by atoms with Crippen molar-refractivity contribution in [2.45, 2.75) is 136 Å². The summed E-state index contributed by atoms with van der Waals surface area (Å²) in [7, 11) is 0. The Hall–Kier alpha value is -0.0800. The highest BCUT2D eigenvalue weighted by molar-refractivity contribution is 4.54. The molecule has 0 aliphatic rings. The van der Waals surface area contributed by atoms with E-state index in [1.54, 1.807) is 0 Å². The Labute approximate surface area is 153 Å². The average molecular weight is 343 g/mol. The van der Waals surface area contributed by atoms with E-state index in [1.807, 2.05) is 20.8 Å². The molecule has 2 heteroatoms. The summed E-state index contributed by atoms with van der Waals surface area (Å²) in [5.74, 6) is 0. The highest BCUT2D eigenvalue weighted by Crippen LogP contribution is 2.14. The molecule has 0 radical (unpaired) electrons. The van der Waals surface area contributed by atoms with Crippen molar-refractivity contribution in [3.63, 3.8) is 0 Å². The summed E-state index contributed by atoms with van der Waals surface area (Å²) in [5, 5.41) is 0. The first-order chi connectivity index (χ1) is 11.6. The molecule has 0 N–H and O–H groups in total. The molecule has 0 aliphatic heterocycles. The van der Waals surface area contributed by atoms with E-state index in [0.29, 0.717) is 0 Å². The van der Waals surface area contributed by atoms with Gasteiger partial charge in [-0.3, -0.25) is 0 Å². The van der Waals surface area contributed by atoms with Crippen molar-refractivity contribution in [3.8, 4) is 0 Å². The number of hydrogen-bond acceptors (Lipinski definition) is 2. The van der Waals surface area contributed by atoms with Crippen LogP contribution in [0.15, 0.2) is 0 Å². The largest absolute Gasteiger partial charge is 0.236 e. The molecule has 0 rings (SSSR count). The van der Waals surface area contributed by atoms with E-state index in [0.717, 1.165) is 13.0 Å². The second-order valence-electron chi connectivity index (χ2n) is 8.32. The molecule has 2 nitrogen and oxygen atoms in total. The third-order valence-corrected chi connectivity index (χ3v) is 4.39. The monoisotopic (exact) mass is 342 g/mol. The van der Waals surface area contributed by atoms with Crippen LogP contribution in [0.3, 0.4) is 0 Å². The van der Waals surface area contributed by atoms with Crippen molar-refractivity contribution < 1.29 is 9.78 Å². The molecule has 0 spiro atoms. The molecule has 0 saturated heterocycles. The maximum absolute atomic E-state index is 5.25. The number of rotatable bonds is 18. The zero-order chi connectivity index (χ0) is 17.9. The van der Waals surface area contributed by atoms with Gasteiger partial charge in [-0.05, 0) is 27.2 Å². The lowest BCUT2D eigenvalue weighted by atomic mass is 10.0. The minimum Gasteiger partial charge on any atom is -0.236 e. The van der Waals surface area contributed by atoms with Crippen LogP contribution in [-0.2, 0) is 9.78 Å². The molecule has 0 amide bonds. The zero-order valence-electron chi connectivity index (χ0n) is 17.3. The van der Waals surface area contributed by atoms with Gasteiger partial charge in [-0.15, -0.1) is 0 Å². The molecular weight excluding hydrogens is 296 g/mol. The third kappa shape index (κ3) is 21.9. The molecule has 146 valence electrons. The smallest absolute Gasteiger partial charge is 0.0952 e. The van der Waals surface area contributed by atoms with E-state index in [4.69, 9.17) is 9.78 Å². The van der Waals surface area contributed by atoms with Crippen LogP contribution in [0.2, 0.25) is 0 Å². The predicted octanol–water partition coefficient (Wildman–Crippen LogP) is 7.99. The first kappa shape index (κ1) is 23.9. The highest BCUT2D eigenvalue weighted by Gasteiger charge is 2.10. The first-order valence-corrected chi connectivity index (χ1v) is 10.9. The van der Waals surface area contributed by atoms with Crippen LogP contribution in [-0.4, -0.2) is 12.2 Å². The van der Waals surface area contributed by atoms with E-state index in [9.17, 15) is 0 Å². The van der Waals surface area contributed by atoms with Gasteiger partial charge in [-0.25, -0.2) is 9.78 Å². The highest BCUT2D eigenvalue weighted by atomic mass is 17.2. The Bertz CT molecular complexity index is 233. The summed E-state index contributed by atoms with van der Waals surface area (Å²) in [4.78, 5) is 10.5. The molecule has 0 bridgehead atoms. The molecule has 0 fully saturated rings. The van der Waals surface area contributed by atoms with Crippen molar-refractivity contribution in [1.82, 2.24) is 0 Å². The molecule has 0 heterocycles.